The van der Waals surface area contributed by atoms with Crippen LogP contribution in [0.4, 0.5) is 15.2 Å². The van der Waals surface area contributed by atoms with Crippen LogP contribution in [0, 0.1) is 12.7 Å². The zero-order valence-electron chi connectivity index (χ0n) is 18.4. The van der Waals surface area contributed by atoms with Gasteiger partial charge in [0.2, 0.25) is 0 Å². The van der Waals surface area contributed by atoms with Crippen LogP contribution in [-0.4, -0.2) is 36.8 Å². The molecule has 12 heteroatoms. The first-order valence-corrected chi connectivity index (χ1v) is 12.7. The maximum Gasteiger partial charge on any atom is 0.281 e. The van der Waals surface area contributed by atoms with Crippen LogP contribution in [-0.2, 0) is 10.0 Å². The van der Waals surface area contributed by atoms with Gasteiger partial charge in [-0.25, -0.2) is 14.4 Å². The highest BCUT2D eigenvalue weighted by atomic mass is 35.5. The van der Waals surface area contributed by atoms with E-state index in [9.17, 15) is 17.9 Å². The second kappa shape index (κ2) is 9.98. The van der Waals surface area contributed by atoms with E-state index in [1.807, 2.05) is 0 Å². The Morgan fingerprint density at radius 3 is 2.77 bits per heavy atom. The molecule has 0 atom stereocenters. The normalized spacial score (nSPS) is 11.7. The van der Waals surface area contributed by atoms with Crippen molar-refractivity contribution < 1.29 is 22.7 Å². The molecule has 2 heterocycles. The summed E-state index contributed by atoms with van der Waals surface area (Å²) in [6.45, 7) is 1.59. The van der Waals surface area contributed by atoms with Crippen LogP contribution in [0.5, 0.6) is 11.5 Å². The quantitative estimate of drug-likeness (QED) is 0.301. The van der Waals surface area contributed by atoms with E-state index in [1.165, 1.54) is 31.7 Å². The number of benzene rings is 2. The number of ether oxygens (including phenoxy) is 1. The molecular weight excluding hydrogens is 515 g/mol. The number of hydrogen-bond acceptors (Lipinski definition) is 8. The second-order valence-electron chi connectivity index (χ2n) is 7.24. The molecule has 2 N–H and O–H groups in total. The summed E-state index contributed by atoms with van der Waals surface area (Å²) in [6, 6.07) is 10.8. The molecule has 0 radical (unpaired) electrons. The molecule has 0 spiro atoms. The Morgan fingerprint density at radius 1 is 1.26 bits per heavy atom. The van der Waals surface area contributed by atoms with E-state index in [4.69, 9.17) is 16.3 Å². The number of rotatable bonds is 7. The topological polar surface area (TPSA) is 114 Å². The van der Waals surface area contributed by atoms with E-state index >= 15 is 0 Å². The third kappa shape index (κ3) is 5.42. The molecule has 0 aliphatic rings. The summed E-state index contributed by atoms with van der Waals surface area (Å²) in [5.74, 6) is -0.346. The minimum Gasteiger partial charge on any atom is -0.504 e. The Labute approximate surface area is 209 Å². The number of aliphatic imine (C=N–C) groups is 1. The van der Waals surface area contributed by atoms with E-state index < -0.39 is 15.8 Å². The number of methoxy groups -OCH3 is 1. The lowest BCUT2D eigenvalue weighted by molar-refractivity contribution is 0.373. The third-order valence-electron chi connectivity index (χ3n) is 4.81. The van der Waals surface area contributed by atoms with E-state index in [-0.39, 0.29) is 20.9 Å². The number of thiazole rings is 1. The molecule has 180 valence electrons. The van der Waals surface area contributed by atoms with Crippen LogP contribution in [0.2, 0.25) is 5.02 Å². The van der Waals surface area contributed by atoms with E-state index in [1.54, 1.807) is 42.6 Å². The number of para-hydroxylation sites is 1. The van der Waals surface area contributed by atoms with Gasteiger partial charge in [0, 0.05) is 22.7 Å². The van der Waals surface area contributed by atoms with E-state index in [0.717, 1.165) is 11.3 Å². The van der Waals surface area contributed by atoms with Gasteiger partial charge >= 0.3 is 0 Å². The summed E-state index contributed by atoms with van der Waals surface area (Å²) in [7, 11) is -2.60. The monoisotopic (exact) mass is 532 g/mol. The molecule has 0 aliphatic heterocycles. The van der Waals surface area contributed by atoms with Gasteiger partial charge < -0.3 is 9.84 Å². The molecule has 0 saturated heterocycles. The Bertz CT molecular complexity index is 1540. The molecule has 2 aromatic heterocycles. The second-order valence-corrected chi connectivity index (χ2v) is 10.1. The molecule has 0 unspecified atom stereocenters. The maximum atomic E-state index is 13.7. The number of anilines is 1. The molecule has 4 aromatic rings. The fourth-order valence-electron chi connectivity index (χ4n) is 3.12. The summed E-state index contributed by atoms with van der Waals surface area (Å²) < 4.78 is 47.0. The minimum atomic E-state index is -4.04. The summed E-state index contributed by atoms with van der Waals surface area (Å²) in [6.07, 6.45) is 2.73. The van der Waals surface area contributed by atoms with Crippen molar-refractivity contribution in [3.8, 4) is 22.8 Å². The molecule has 0 bridgehead atoms. The smallest absolute Gasteiger partial charge is 0.281 e. The molecular formula is C23H18ClFN4O4S2. The van der Waals surface area contributed by atoms with Gasteiger partial charge in [-0.05, 0) is 42.8 Å². The number of nitrogens with zero attached hydrogens (tertiary/aromatic N) is 3. The fraction of sp³-hybridized carbons (Fsp3) is 0.0870. The van der Waals surface area contributed by atoms with Crippen LogP contribution in [0.1, 0.15) is 11.1 Å². The molecule has 2 aromatic carbocycles. The van der Waals surface area contributed by atoms with Crippen molar-refractivity contribution in [3.05, 3.63) is 76.0 Å². The number of aromatic nitrogens is 2. The lowest BCUT2D eigenvalue weighted by Gasteiger charge is -2.08. The zero-order chi connectivity index (χ0) is 25.2. The molecule has 0 aliphatic carbocycles. The van der Waals surface area contributed by atoms with Gasteiger partial charge in [0.25, 0.3) is 10.0 Å². The predicted molar refractivity (Wildman–Crippen MR) is 134 cm³/mol. The first kappa shape index (κ1) is 24.6. The molecule has 35 heavy (non-hydrogen) atoms. The molecule has 0 amide bonds. The number of phenolic OH excluding ortho intramolecular Hbond substituents is 1. The van der Waals surface area contributed by atoms with E-state index in [2.05, 4.69) is 19.7 Å². The van der Waals surface area contributed by atoms with Crippen LogP contribution >= 0.6 is 22.9 Å². The number of aromatic hydroxyl groups is 1. The lowest BCUT2D eigenvalue weighted by atomic mass is 10.2. The molecule has 0 fully saturated rings. The third-order valence-corrected chi connectivity index (χ3v) is 7.41. The molecule has 8 nitrogen and oxygen atoms in total. The lowest BCUT2D eigenvalue weighted by Crippen LogP contribution is -2.15. The standard InChI is InChI=1S/C23H18ClFN4O4S2/c1-13-8-16(26-10-15-4-3-5-20(33-2)21(15)30)11-27-22(13)35(31,32)29-23-28-19(12-34-23)14-6-7-17(24)18(25)9-14/h3-12,30H,1-2H3,(H,28,29). The van der Waals surface area contributed by atoms with Crippen LogP contribution in [0.3, 0.4) is 0 Å². The van der Waals surface area contributed by atoms with Gasteiger partial charge in [-0.1, -0.05) is 23.7 Å². The first-order valence-electron chi connectivity index (χ1n) is 9.98. The number of hydrogen-bond donors (Lipinski definition) is 2. The summed E-state index contributed by atoms with van der Waals surface area (Å²) in [4.78, 5) is 12.6. The number of sulfonamides is 1. The SMILES string of the molecule is COc1cccc(C=Nc2cnc(S(=O)(=O)Nc3nc(-c4ccc(Cl)c(F)c4)cs3)c(C)c2)c1O. The van der Waals surface area contributed by atoms with Gasteiger partial charge in [-0.3, -0.25) is 9.71 Å². The number of halogens is 2. The van der Waals surface area contributed by atoms with Crippen molar-refractivity contribution in [2.24, 2.45) is 4.99 Å². The Balaban J connectivity index is 1.53. The average Bonchev–Trinajstić information content (AvgIpc) is 3.27. The van der Waals surface area contributed by atoms with Crippen LogP contribution in [0.15, 0.2) is 64.1 Å². The summed E-state index contributed by atoms with van der Waals surface area (Å²) in [5, 5.41) is 11.7. The van der Waals surface area contributed by atoms with Gasteiger partial charge in [0.1, 0.15) is 5.82 Å². The minimum absolute atomic E-state index is 0.0143. The fourth-order valence-corrected chi connectivity index (χ4v) is 5.37. The largest absolute Gasteiger partial charge is 0.504 e. The Morgan fingerprint density at radius 2 is 2.06 bits per heavy atom. The highest BCUT2D eigenvalue weighted by molar-refractivity contribution is 7.92. The number of pyridine rings is 1. The summed E-state index contributed by atoms with van der Waals surface area (Å²) >= 11 is 6.76. The number of nitrogens with one attached hydrogen (secondary N) is 1. The van der Waals surface area contributed by atoms with Gasteiger partial charge in [-0.2, -0.15) is 8.42 Å². The predicted octanol–water partition coefficient (Wildman–Crippen LogP) is 5.57. The van der Waals surface area contributed by atoms with Gasteiger partial charge in [-0.15, -0.1) is 11.3 Å². The van der Waals surface area contributed by atoms with Crippen molar-refractivity contribution in [1.82, 2.24) is 9.97 Å². The van der Waals surface area contributed by atoms with Crippen molar-refractivity contribution in [2.45, 2.75) is 11.9 Å². The Hall–Kier alpha value is -3.54. The maximum absolute atomic E-state index is 13.7. The van der Waals surface area contributed by atoms with Crippen molar-refractivity contribution in [2.75, 3.05) is 11.8 Å². The number of aryl methyl sites for hydroxylation is 1. The van der Waals surface area contributed by atoms with Gasteiger partial charge in [0.15, 0.2) is 21.7 Å². The molecule has 4 rings (SSSR count). The average molecular weight is 533 g/mol. The first-order chi connectivity index (χ1) is 16.7. The van der Waals surface area contributed by atoms with Crippen molar-refractivity contribution >= 4 is 50.0 Å². The van der Waals surface area contributed by atoms with Gasteiger partial charge in [0.05, 0.1) is 29.7 Å². The molecule has 0 saturated carbocycles. The van der Waals surface area contributed by atoms with Crippen LogP contribution < -0.4 is 9.46 Å². The number of phenols is 1. The van der Waals surface area contributed by atoms with Crippen molar-refractivity contribution in [3.63, 3.8) is 0 Å². The van der Waals surface area contributed by atoms with E-state index in [0.29, 0.717) is 33.8 Å². The highest BCUT2D eigenvalue weighted by Gasteiger charge is 2.21. The highest BCUT2D eigenvalue weighted by Crippen LogP contribution is 2.30. The van der Waals surface area contributed by atoms with Crippen molar-refractivity contribution in [1.29, 1.82) is 0 Å². The Kier molecular flexibility index (Phi) is 7.01. The summed E-state index contributed by atoms with van der Waals surface area (Å²) in [5.41, 5.74) is 2.05. The zero-order valence-corrected chi connectivity index (χ0v) is 20.7. The van der Waals surface area contributed by atoms with Crippen LogP contribution in [0.25, 0.3) is 11.3 Å².